The summed E-state index contributed by atoms with van der Waals surface area (Å²) in [4.78, 5) is 35.1. The van der Waals surface area contributed by atoms with Crippen LogP contribution in [0.3, 0.4) is 0 Å². The fraction of sp³-hybridized carbons (Fsp3) is 0.579. The number of rotatable bonds is 3. The van der Waals surface area contributed by atoms with Crippen LogP contribution in [0.5, 0.6) is 0 Å². The van der Waals surface area contributed by atoms with Crippen LogP contribution in [0.4, 0.5) is 4.79 Å². The Labute approximate surface area is 168 Å². The number of amides is 3. The quantitative estimate of drug-likeness (QED) is 0.733. The van der Waals surface area contributed by atoms with Crippen molar-refractivity contribution in [1.29, 1.82) is 5.26 Å². The number of nitrogens with one attached hydrogen (secondary N) is 2. The molecule has 2 aliphatic rings. The average Bonchev–Trinajstić information content (AvgIpc) is 3.16. The number of carbonyl (C=O) groups excluding carboxylic acids is 2. The third kappa shape index (κ3) is 3.78. The van der Waals surface area contributed by atoms with E-state index in [1.807, 2.05) is 0 Å². The highest BCUT2D eigenvalue weighted by Gasteiger charge is 2.47. The molecule has 29 heavy (non-hydrogen) atoms. The van der Waals surface area contributed by atoms with Gasteiger partial charge in [-0.15, -0.1) is 0 Å². The van der Waals surface area contributed by atoms with Gasteiger partial charge in [-0.2, -0.15) is 14.9 Å². The van der Waals surface area contributed by atoms with Gasteiger partial charge in [0, 0.05) is 25.6 Å². The maximum Gasteiger partial charge on any atom is 0.322 e. The van der Waals surface area contributed by atoms with Crippen molar-refractivity contribution in [2.75, 3.05) is 13.1 Å². The van der Waals surface area contributed by atoms with Crippen LogP contribution in [-0.2, 0) is 17.8 Å². The van der Waals surface area contributed by atoms with Gasteiger partial charge in [-0.3, -0.25) is 15.0 Å². The number of imide groups is 1. The molecule has 0 atom stereocenters. The zero-order chi connectivity index (χ0) is 20.8. The number of hydrogen-bond donors (Lipinski definition) is 2. The first-order valence-electron chi connectivity index (χ1n) is 9.69. The average molecular weight is 396 g/mol. The van der Waals surface area contributed by atoms with E-state index in [9.17, 15) is 14.9 Å². The largest absolute Gasteiger partial charge is 0.323 e. The lowest BCUT2D eigenvalue weighted by Crippen LogP contribution is -2.54. The van der Waals surface area contributed by atoms with Crippen molar-refractivity contribution in [1.82, 2.24) is 35.1 Å². The first kappa shape index (κ1) is 19.3. The molecule has 0 bridgehead atoms. The molecule has 2 saturated heterocycles. The molecule has 2 fully saturated rings. The standard InChI is InChI=1S/C19H24N8O2/c1-18(2,3)9-15-22-13(21-14-8-12(10-20)25-27(14)15)11-26-6-4-19(5-7-26)16(28)23-17(29)24-19/h8H,4-7,9,11H2,1-3H3,(H2,23,24,28,29). The summed E-state index contributed by atoms with van der Waals surface area (Å²) in [6.45, 7) is 8.21. The van der Waals surface area contributed by atoms with Gasteiger partial charge in [0.05, 0.1) is 6.54 Å². The smallest absolute Gasteiger partial charge is 0.322 e. The normalized spacial score (nSPS) is 19.4. The molecule has 1 spiro atoms. The molecule has 152 valence electrons. The van der Waals surface area contributed by atoms with Crippen molar-refractivity contribution in [2.24, 2.45) is 5.41 Å². The number of nitriles is 1. The topological polar surface area (TPSA) is 128 Å². The van der Waals surface area contributed by atoms with Crippen LogP contribution in [0.2, 0.25) is 0 Å². The van der Waals surface area contributed by atoms with Crippen molar-refractivity contribution in [3.63, 3.8) is 0 Å². The molecule has 0 saturated carbocycles. The summed E-state index contributed by atoms with van der Waals surface area (Å²) in [5, 5.41) is 18.6. The number of hydrogen-bond acceptors (Lipinski definition) is 7. The zero-order valence-electron chi connectivity index (χ0n) is 16.8. The molecule has 10 heteroatoms. The molecule has 4 heterocycles. The Bertz CT molecular complexity index is 1020. The van der Waals surface area contributed by atoms with Gasteiger partial charge in [0.25, 0.3) is 5.91 Å². The SMILES string of the molecule is CC(C)(C)Cc1nc(CN2CCC3(CC2)NC(=O)NC3=O)nc2cc(C#N)nn12. The molecule has 4 rings (SSSR count). The lowest BCUT2D eigenvalue weighted by molar-refractivity contribution is -0.125. The van der Waals surface area contributed by atoms with Crippen molar-refractivity contribution < 1.29 is 9.59 Å². The lowest BCUT2D eigenvalue weighted by Gasteiger charge is -2.36. The summed E-state index contributed by atoms with van der Waals surface area (Å²) in [5.41, 5.74) is 0.141. The molecular weight excluding hydrogens is 372 g/mol. The van der Waals surface area contributed by atoms with E-state index in [0.29, 0.717) is 56.1 Å². The van der Waals surface area contributed by atoms with E-state index in [0.717, 1.165) is 5.82 Å². The number of likely N-dealkylation sites (tertiary alicyclic amines) is 1. The molecule has 0 aromatic carbocycles. The van der Waals surface area contributed by atoms with Gasteiger partial charge < -0.3 is 5.32 Å². The summed E-state index contributed by atoms with van der Waals surface area (Å²) < 4.78 is 1.65. The van der Waals surface area contributed by atoms with Crippen LogP contribution >= 0.6 is 0 Å². The second-order valence-corrected chi connectivity index (χ2v) is 8.97. The van der Waals surface area contributed by atoms with E-state index in [1.54, 1.807) is 10.6 Å². The molecule has 0 aliphatic carbocycles. The minimum atomic E-state index is -0.789. The number of urea groups is 1. The molecule has 2 N–H and O–H groups in total. The van der Waals surface area contributed by atoms with Gasteiger partial charge >= 0.3 is 6.03 Å². The second kappa shape index (κ2) is 6.77. The van der Waals surface area contributed by atoms with E-state index in [1.165, 1.54) is 0 Å². The maximum absolute atomic E-state index is 12.1. The molecule has 2 aromatic rings. The maximum atomic E-state index is 12.1. The third-order valence-corrected chi connectivity index (χ3v) is 5.33. The molecule has 0 unspecified atom stereocenters. The fourth-order valence-corrected chi connectivity index (χ4v) is 3.88. The highest BCUT2D eigenvalue weighted by molar-refractivity contribution is 6.07. The van der Waals surface area contributed by atoms with Crippen molar-refractivity contribution >= 4 is 17.6 Å². The van der Waals surface area contributed by atoms with Crippen molar-refractivity contribution in [3.8, 4) is 6.07 Å². The Morgan fingerprint density at radius 3 is 2.55 bits per heavy atom. The minimum absolute atomic E-state index is 0.00283. The molecular formula is C19H24N8O2. The molecule has 10 nitrogen and oxygen atoms in total. The van der Waals surface area contributed by atoms with Gasteiger partial charge in [-0.05, 0) is 18.3 Å². The summed E-state index contributed by atoms with van der Waals surface area (Å²) in [6.07, 6.45) is 1.79. The van der Waals surface area contributed by atoms with Gasteiger partial charge in [-0.1, -0.05) is 20.8 Å². The first-order chi connectivity index (χ1) is 13.7. The van der Waals surface area contributed by atoms with E-state index >= 15 is 0 Å². The molecule has 0 radical (unpaired) electrons. The second-order valence-electron chi connectivity index (χ2n) is 8.97. The van der Waals surface area contributed by atoms with Gasteiger partial charge in [0.15, 0.2) is 11.3 Å². The predicted octanol–water partition coefficient (Wildman–Crippen LogP) is 0.759. The van der Waals surface area contributed by atoms with Crippen LogP contribution in [0.1, 0.15) is 51.0 Å². The highest BCUT2D eigenvalue weighted by atomic mass is 16.2. The number of aromatic nitrogens is 4. The molecule has 3 amide bonds. The minimum Gasteiger partial charge on any atom is -0.323 e. The van der Waals surface area contributed by atoms with E-state index in [-0.39, 0.29) is 11.3 Å². The molecule has 2 aliphatic heterocycles. The Morgan fingerprint density at radius 2 is 1.97 bits per heavy atom. The Hall–Kier alpha value is -3.06. The monoisotopic (exact) mass is 396 g/mol. The van der Waals surface area contributed by atoms with E-state index in [2.05, 4.69) is 52.5 Å². The van der Waals surface area contributed by atoms with Crippen molar-refractivity contribution in [3.05, 3.63) is 23.4 Å². The van der Waals surface area contributed by atoms with Crippen LogP contribution in [0.15, 0.2) is 6.07 Å². The van der Waals surface area contributed by atoms with Crippen LogP contribution in [0.25, 0.3) is 5.65 Å². The Morgan fingerprint density at radius 1 is 1.24 bits per heavy atom. The fourth-order valence-electron chi connectivity index (χ4n) is 3.88. The lowest BCUT2D eigenvalue weighted by atomic mass is 9.88. The Balaban J connectivity index is 1.55. The number of piperidine rings is 1. The zero-order valence-corrected chi connectivity index (χ0v) is 16.8. The summed E-state index contributed by atoms with van der Waals surface area (Å²) >= 11 is 0. The van der Waals surface area contributed by atoms with E-state index in [4.69, 9.17) is 4.98 Å². The van der Waals surface area contributed by atoms with Crippen LogP contribution < -0.4 is 10.6 Å². The molecule has 2 aromatic heterocycles. The summed E-state index contributed by atoms with van der Waals surface area (Å²) in [7, 11) is 0. The highest BCUT2D eigenvalue weighted by Crippen LogP contribution is 2.26. The van der Waals surface area contributed by atoms with Gasteiger partial charge in [-0.25, -0.2) is 14.8 Å². The number of nitrogens with zero attached hydrogens (tertiary/aromatic N) is 6. The van der Waals surface area contributed by atoms with Crippen LogP contribution in [0, 0.1) is 16.7 Å². The Kier molecular flexibility index (Phi) is 4.50. The van der Waals surface area contributed by atoms with Crippen LogP contribution in [-0.4, -0.2) is 55.0 Å². The predicted molar refractivity (Wildman–Crippen MR) is 103 cm³/mol. The number of fused-ring (bicyclic) bond motifs is 1. The summed E-state index contributed by atoms with van der Waals surface area (Å²) in [6, 6.07) is 3.31. The third-order valence-electron chi connectivity index (χ3n) is 5.33. The van der Waals surface area contributed by atoms with Crippen molar-refractivity contribution in [2.45, 2.75) is 52.1 Å². The number of carbonyl (C=O) groups is 2. The van der Waals surface area contributed by atoms with Gasteiger partial charge in [0.2, 0.25) is 0 Å². The summed E-state index contributed by atoms with van der Waals surface area (Å²) in [5.74, 6) is 1.20. The van der Waals surface area contributed by atoms with E-state index < -0.39 is 11.6 Å². The van der Waals surface area contributed by atoms with Gasteiger partial charge in [0.1, 0.15) is 23.3 Å². The first-order valence-corrected chi connectivity index (χ1v) is 9.69.